The third kappa shape index (κ3) is 5.31. The van der Waals surface area contributed by atoms with E-state index in [-0.39, 0.29) is 5.69 Å². The number of nitro benzene ring substituents is 1. The molecule has 17 heavy (non-hydrogen) atoms. The number of nitrogens with one attached hydrogen (secondary N) is 2. The van der Waals surface area contributed by atoms with E-state index in [1.165, 1.54) is 12.1 Å². The Bertz CT molecular complexity index is 349. The van der Waals surface area contributed by atoms with Gasteiger partial charge in [-0.3, -0.25) is 10.1 Å². The zero-order chi connectivity index (χ0) is 12.7. The fraction of sp³-hybridized carbons (Fsp3) is 0.500. The van der Waals surface area contributed by atoms with Crippen molar-refractivity contribution in [3.8, 4) is 0 Å². The Kier molecular flexibility index (Phi) is 5.42. The molecule has 0 saturated carbocycles. The lowest BCUT2D eigenvalue weighted by atomic mass is 10.2. The lowest BCUT2D eigenvalue weighted by Crippen LogP contribution is -2.25. The van der Waals surface area contributed by atoms with Crippen molar-refractivity contribution in [1.29, 1.82) is 0 Å². The third-order valence-electron chi connectivity index (χ3n) is 2.26. The highest BCUT2D eigenvalue weighted by molar-refractivity contribution is 5.48. The van der Waals surface area contributed by atoms with E-state index in [9.17, 15) is 10.1 Å². The zero-order valence-electron chi connectivity index (χ0n) is 10.3. The summed E-state index contributed by atoms with van der Waals surface area (Å²) >= 11 is 0. The van der Waals surface area contributed by atoms with Gasteiger partial charge in [0.1, 0.15) is 0 Å². The second kappa shape index (κ2) is 6.85. The summed E-state index contributed by atoms with van der Waals surface area (Å²) < 4.78 is 0. The average molecular weight is 237 g/mol. The van der Waals surface area contributed by atoms with Gasteiger partial charge in [-0.2, -0.15) is 0 Å². The molecule has 0 bridgehead atoms. The summed E-state index contributed by atoms with van der Waals surface area (Å²) in [6.45, 7) is 7.02. The largest absolute Gasteiger partial charge is 0.384 e. The summed E-state index contributed by atoms with van der Waals surface area (Å²) in [5.74, 6) is 0.648. The molecule has 1 rings (SSSR count). The first-order valence-corrected chi connectivity index (χ1v) is 5.78. The summed E-state index contributed by atoms with van der Waals surface area (Å²) in [7, 11) is 0. The van der Waals surface area contributed by atoms with Crippen LogP contribution in [0.2, 0.25) is 0 Å². The molecule has 94 valence electrons. The molecule has 0 aliphatic carbocycles. The minimum absolute atomic E-state index is 0.119. The summed E-state index contributed by atoms with van der Waals surface area (Å²) in [5.41, 5.74) is 1.02. The maximum atomic E-state index is 10.5. The monoisotopic (exact) mass is 237 g/mol. The standard InChI is InChI=1S/C12H19N3O2/c1-10(2)9-13-7-8-14-11-3-5-12(6-4-11)15(16)17/h3-6,10,13-14H,7-9H2,1-2H3. The summed E-state index contributed by atoms with van der Waals surface area (Å²) in [6, 6.07) is 6.45. The van der Waals surface area contributed by atoms with Gasteiger partial charge in [-0.25, -0.2) is 0 Å². The fourth-order valence-electron chi connectivity index (χ4n) is 1.39. The first-order valence-electron chi connectivity index (χ1n) is 5.78. The molecule has 0 aliphatic rings. The van der Waals surface area contributed by atoms with Gasteiger partial charge in [0.15, 0.2) is 0 Å². The maximum absolute atomic E-state index is 10.5. The second-order valence-corrected chi connectivity index (χ2v) is 4.33. The Morgan fingerprint density at radius 1 is 1.24 bits per heavy atom. The van der Waals surface area contributed by atoms with E-state index in [1.807, 2.05) is 0 Å². The highest BCUT2D eigenvalue weighted by Gasteiger charge is 2.02. The van der Waals surface area contributed by atoms with Crippen LogP contribution < -0.4 is 10.6 Å². The Morgan fingerprint density at radius 3 is 2.41 bits per heavy atom. The van der Waals surface area contributed by atoms with Crippen molar-refractivity contribution in [2.75, 3.05) is 25.0 Å². The van der Waals surface area contributed by atoms with Crippen molar-refractivity contribution < 1.29 is 4.92 Å². The molecular formula is C12H19N3O2. The third-order valence-corrected chi connectivity index (χ3v) is 2.26. The number of hydrogen-bond donors (Lipinski definition) is 2. The molecule has 0 atom stereocenters. The van der Waals surface area contributed by atoms with Gasteiger partial charge in [0.05, 0.1) is 4.92 Å². The van der Waals surface area contributed by atoms with Crippen molar-refractivity contribution in [2.45, 2.75) is 13.8 Å². The molecule has 0 fully saturated rings. The van der Waals surface area contributed by atoms with Crippen molar-refractivity contribution in [3.63, 3.8) is 0 Å². The molecule has 0 unspecified atom stereocenters. The number of benzene rings is 1. The van der Waals surface area contributed by atoms with Crippen LogP contribution in [-0.4, -0.2) is 24.6 Å². The predicted octanol–water partition coefficient (Wildman–Crippen LogP) is 2.25. The van der Waals surface area contributed by atoms with Gasteiger partial charge < -0.3 is 10.6 Å². The highest BCUT2D eigenvalue weighted by Crippen LogP contribution is 2.14. The average Bonchev–Trinajstić information content (AvgIpc) is 2.29. The highest BCUT2D eigenvalue weighted by atomic mass is 16.6. The van der Waals surface area contributed by atoms with E-state index in [0.29, 0.717) is 5.92 Å². The molecule has 0 radical (unpaired) electrons. The van der Waals surface area contributed by atoms with E-state index >= 15 is 0 Å². The fourth-order valence-corrected chi connectivity index (χ4v) is 1.39. The Morgan fingerprint density at radius 2 is 1.88 bits per heavy atom. The number of hydrogen-bond acceptors (Lipinski definition) is 4. The van der Waals surface area contributed by atoms with Gasteiger partial charge in [-0.15, -0.1) is 0 Å². The quantitative estimate of drug-likeness (QED) is 0.433. The summed E-state index contributed by atoms with van der Waals surface area (Å²) in [4.78, 5) is 10.1. The predicted molar refractivity (Wildman–Crippen MR) is 69.3 cm³/mol. The minimum atomic E-state index is -0.395. The topological polar surface area (TPSA) is 67.2 Å². The number of anilines is 1. The van der Waals surface area contributed by atoms with Gasteiger partial charge in [0.2, 0.25) is 0 Å². The van der Waals surface area contributed by atoms with Gasteiger partial charge in [0, 0.05) is 30.9 Å². The van der Waals surface area contributed by atoms with Crippen LogP contribution in [0, 0.1) is 16.0 Å². The SMILES string of the molecule is CC(C)CNCCNc1ccc([N+](=O)[O-])cc1. The zero-order valence-corrected chi connectivity index (χ0v) is 10.3. The van der Waals surface area contributed by atoms with Crippen LogP contribution in [0.15, 0.2) is 24.3 Å². The summed E-state index contributed by atoms with van der Waals surface area (Å²) in [5, 5.41) is 17.0. The molecule has 0 heterocycles. The van der Waals surface area contributed by atoms with Gasteiger partial charge in [0.25, 0.3) is 5.69 Å². The van der Waals surface area contributed by atoms with Gasteiger partial charge >= 0.3 is 0 Å². The van der Waals surface area contributed by atoms with Crippen LogP contribution in [0.5, 0.6) is 0 Å². The molecule has 0 aromatic heterocycles. The van der Waals surface area contributed by atoms with E-state index < -0.39 is 4.92 Å². The van der Waals surface area contributed by atoms with Crippen molar-refractivity contribution >= 4 is 11.4 Å². The van der Waals surface area contributed by atoms with Gasteiger partial charge in [-0.05, 0) is 24.6 Å². The van der Waals surface area contributed by atoms with E-state index in [2.05, 4.69) is 24.5 Å². The van der Waals surface area contributed by atoms with E-state index in [1.54, 1.807) is 12.1 Å². The van der Waals surface area contributed by atoms with Crippen molar-refractivity contribution in [3.05, 3.63) is 34.4 Å². The molecule has 0 aliphatic heterocycles. The Balaban J connectivity index is 2.25. The molecule has 1 aromatic rings. The normalized spacial score (nSPS) is 10.5. The lowest BCUT2D eigenvalue weighted by molar-refractivity contribution is -0.384. The van der Waals surface area contributed by atoms with Crippen LogP contribution in [0.1, 0.15) is 13.8 Å². The molecule has 0 saturated heterocycles. The van der Waals surface area contributed by atoms with Crippen molar-refractivity contribution in [2.24, 2.45) is 5.92 Å². The van der Waals surface area contributed by atoms with Crippen LogP contribution in [0.25, 0.3) is 0 Å². The lowest BCUT2D eigenvalue weighted by Gasteiger charge is -2.09. The molecule has 2 N–H and O–H groups in total. The Labute approximate surface area is 101 Å². The van der Waals surface area contributed by atoms with Crippen LogP contribution in [-0.2, 0) is 0 Å². The van der Waals surface area contributed by atoms with Gasteiger partial charge in [-0.1, -0.05) is 13.8 Å². The van der Waals surface area contributed by atoms with E-state index in [4.69, 9.17) is 0 Å². The molecule has 1 aromatic carbocycles. The number of rotatable bonds is 7. The number of nitrogens with zero attached hydrogens (tertiary/aromatic N) is 1. The first kappa shape index (κ1) is 13.4. The van der Waals surface area contributed by atoms with Crippen LogP contribution in [0.4, 0.5) is 11.4 Å². The first-order chi connectivity index (χ1) is 8.09. The van der Waals surface area contributed by atoms with Crippen LogP contribution in [0.3, 0.4) is 0 Å². The minimum Gasteiger partial charge on any atom is -0.384 e. The molecule has 0 amide bonds. The second-order valence-electron chi connectivity index (χ2n) is 4.33. The Hall–Kier alpha value is -1.62. The van der Waals surface area contributed by atoms with Crippen LogP contribution >= 0.6 is 0 Å². The molecular weight excluding hydrogens is 218 g/mol. The molecule has 0 spiro atoms. The van der Waals surface area contributed by atoms with E-state index in [0.717, 1.165) is 25.3 Å². The number of nitro groups is 1. The molecule has 5 heteroatoms. The van der Waals surface area contributed by atoms with Crippen molar-refractivity contribution in [1.82, 2.24) is 5.32 Å². The maximum Gasteiger partial charge on any atom is 0.269 e. The molecule has 5 nitrogen and oxygen atoms in total. The smallest absolute Gasteiger partial charge is 0.269 e. The number of non-ortho nitro benzene ring substituents is 1. The summed E-state index contributed by atoms with van der Waals surface area (Å²) in [6.07, 6.45) is 0.